The highest BCUT2D eigenvalue weighted by atomic mass is 79.9. The maximum Gasteiger partial charge on any atom is 0.0708 e. The van der Waals surface area contributed by atoms with Gasteiger partial charge in [0.25, 0.3) is 0 Å². The van der Waals surface area contributed by atoms with Crippen molar-refractivity contribution in [3.63, 3.8) is 0 Å². The van der Waals surface area contributed by atoms with Gasteiger partial charge >= 0.3 is 0 Å². The minimum atomic E-state index is 0.615. The maximum atomic E-state index is 5.11. The number of halogens is 1. The lowest BCUT2D eigenvalue weighted by molar-refractivity contribution is 0.0918. The largest absolute Gasteiger partial charge is 0.371 e. The van der Waals surface area contributed by atoms with E-state index in [-0.39, 0.29) is 0 Å². The smallest absolute Gasteiger partial charge is 0.0708 e. The van der Waals surface area contributed by atoms with E-state index in [9.17, 15) is 0 Å². The molecule has 1 heterocycles. The van der Waals surface area contributed by atoms with Crippen molar-refractivity contribution in [3.8, 4) is 0 Å². The fraction of sp³-hybridized carbons (Fsp3) is 0.500. The van der Waals surface area contributed by atoms with E-state index in [1.54, 1.807) is 0 Å². The fourth-order valence-electron chi connectivity index (χ4n) is 2.18. The van der Waals surface area contributed by atoms with E-state index in [1.807, 2.05) is 6.07 Å². The molecule has 2 N–H and O–H groups in total. The van der Waals surface area contributed by atoms with Crippen molar-refractivity contribution in [2.45, 2.75) is 12.8 Å². The number of para-hydroxylation sites is 1. The van der Waals surface area contributed by atoms with Gasteiger partial charge in [0, 0.05) is 17.6 Å². The number of rotatable bonds is 3. The van der Waals surface area contributed by atoms with Crippen LogP contribution in [0.1, 0.15) is 12.8 Å². The number of hydrogen-bond donors (Lipinski definition) is 1. The molecule has 0 bridgehead atoms. The van der Waals surface area contributed by atoms with Crippen LogP contribution >= 0.6 is 15.9 Å². The molecule has 0 unspecified atom stereocenters. The zero-order valence-electron chi connectivity index (χ0n) is 9.23. The molecular formula is C12H17BrN2O. The fourth-order valence-corrected chi connectivity index (χ4v) is 2.72. The molecule has 1 saturated heterocycles. The van der Waals surface area contributed by atoms with Crippen LogP contribution in [0.4, 0.5) is 5.69 Å². The molecule has 1 aromatic carbocycles. The maximum absolute atomic E-state index is 5.11. The molecule has 0 spiro atoms. The lowest BCUT2D eigenvalue weighted by Crippen LogP contribution is -2.35. The molecule has 0 aliphatic carbocycles. The Labute approximate surface area is 105 Å². The predicted molar refractivity (Wildman–Crippen MR) is 69.2 cm³/mol. The minimum Gasteiger partial charge on any atom is -0.371 e. The van der Waals surface area contributed by atoms with E-state index in [4.69, 9.17) is 10.7 Å². The van der Waals surface area contributed by atoms with Crippen LogP contribution in [-0.4, -0.2) is 19.7 Å². The van der Waals surface area contributed by atoms with Crippen molar-refractivity contribution in [1.82, 2.24) is 0 Å². The first-order valence-electron chi connectivity index (χ1n) is 5.62. The molecule has 88 valence electrons. The molecule has 0 radical (unpaired) electrons. The van der Waals surface area contributed by atoms with Gasteiger partial charge in [-0.05, 0) is 46.8 Å². The average molecular weight is 285 g/mol. The molecule has 1 aromatic rings. The van der Waals surface area contributed by atoms with Gasteiger partial charge in [0.2, 0.25) is 0 Å². The van der Waals surface area contributed by atoms with Gasteiger partial charge in [-0.2, -0.15) is 0 Å². The summed E-state index contributed by atoms with van der Waals surface area (Å²) in [5.74, 6) is 5.72. The van der Waals surface area contributed by atoms with Crippen LogP contribution in [-0.2, 0) is 4.84 Å². The van der Waals surface area contributed by atoms with Crippen LogP contribution in [0.5, 0.6) is 0 Å². The summed E-state index contributed by atoms with van der Waals surface area (Å²) in [5, 5.41) is 0. The average Bonchev–Trinajstić information content (AvgIpc) is 2.31. The summed E-state index contributed by atoms with van der Waals surface area (Å²) in [6.45, 7) is 2.84. The molecule has 4 heteroatoms. The Morgan fingerprint density at radius 1 is 1.31 bits per heavy atom. The lowest BCUT2D eigenvalue weighted by atomic mass is 9.97. The van der Waals surface area contributed by atoms with E-state index >= 15 is 0 Å². The molecule has 3 nitrogen and oxygen atoms in total. The summed E-state index contributed by atoms with van der Waals surface area (Å²) in [4.78, 5) is 7.13. The quantitative estimate of drug-likeness (QED) is 0.867. The topological polar surface area (TPSA) is 38.5 Å². The number of hydrogen-bond acceptors (Lipinski definition) is 3. The number of nitrogens with two attached hydrogens (primary N) is 1. The summed E-state index contributed by atoms with van der Waals surface area (Å²) < 4.78 is 1.17. The van der Waals surface area contributed by atoms with Gasteiger partial charge < -0.3 is 9.74 Å². The van der Waals surface area contributed by atoms with Crippen molar-refractivity contribution in [2.75, 3.05) is 24.6 Å². The lowest BCUT2D eigenvalue weighted by Gasteiger charge is -2.33. The van der Waals surface area contributed by atoms with Crippen LogP contribution in [0.3, 0.4) is 0 Å². The van der Waals surface area contributed by atoms with Gasteiger partial charge in [0.05, 0.1) is 12.3 Å². The molecule has 0 atom stereocenters. The summed E-state index contributed by atoms with van der Waals surface area (Å²) >= 11 is 3.59. The second-order valence-corrected chi connectivity index (χ2v) is 5.07. The number of piperidine rings is 1. The van der Waals surface area contributed by atoms with E-state index in [1.165, 1.54) is 10.2 Å². The molecule has 0 saturated carbocycles. The molecule has 1 aliphatic heterocycles. The van der Waals surface area contributed by atoms with E-state index in [0.717, 1.165) is 25.9 Å². The summed E-state index contributed by atoms with van der Waals surface area (Å²) in [6, 6.07) is 8.37. The number of benzene rings is 1. The van der Waals surface area contributed by atoms with E-state index in [0.29, 0.717) is 12.5 Å². The normalized spacial score (nSPS) is 17.8. The molecule has 16 heavy (non-hydrogen) atoms. The first kappa shape index (κ1) is 11.9. The van der Waals surface area contributed by atoms with Crippen LogP contribution in [0.2, 0.25) is 0 Å². The van der Waals surface area contributed by atoms with Gasteiger partial charge in [-0.3, -0.25) is 0 Å². The number of nitrogens with zero attached hydrogens (tertiary/aromatic N) is 1. The zero-order chi connectivity index (χ0) is 11.4. The summed E-state index contributed by atoms with van der Waals surface area (Å²) in [7, 11) is 0. The second-order valence-electron chi connectivity index (χ2n) is 4.22. The SMILES string of the molecule is NOCC1CCN(c2ccccc2Br)CC1. The Morgan fingerprint density at radius 3 is 2.62 bits per heavy atom. The van der Waals surface area contributed by atoms with Crippen LogP contribution in [0.15, 0.2) is 28.7 Å². The van der Waals surface area contributed by atoms with Crippen molar-refractivity contribution >= 4 is 21.6 Å². The highest BCUT2D eigenvalue weighted by molar-refractivity contribution is 9.10. The van der Waals surface area contributed by atoms with Crippen LogP contribution in [0, 0.1) is 5.92 Å². The Kier molecular flexibility index (Phi) is 4.21. The molecule has 2 rings (SSSR count). The number of anilines is 1. The molecule has 0 amide bonds. The van der Waals surface area contributed by atoms with Gasteiger partial charge in [0.15, 0.2) is 0 Å². The second kappa shape index (κ2) is 5.66. The van der Waals surface area contributed by atoms with Crippen molar-refractivity contribution in [3.05, 3.63) is 28.7 Å². The highest BCUT2D eigenvalue weighted by Gasteiger charge is 2.20. The summed E-state index contributed by atoms with van der Waals surface area (Å²) in [5.41, 5.74) is 1.29. The zero-order valence-corrected chi connectivity index (χ0v) is 10.8. The van der Waals surface area contributed by atoms with E-state index < -0.39 is 0 Å². The molecule has 1 aliphatic rings. The molecular weight excluding hydrogens is 268 g/mol. The Balaban J connectivity index is 1.96. The van der Waals surface area contributed by atoms with E-state index in [2.05, 4.69) is 39.0 Å². The molecule has 1 fully saturated rings. The minimum absolute atomic E-state index is 0.615. The predicted octanol–water partition coefficient (Wildman–Crippen LogP) is 2.56. The third-order valence-corrected chi connectivity index (χ3v) is 3.81. The third kappa shape index (κ3) is 2.75. The van der Waals surface area contributed by atoms with Crippen molar-refractivity contribution < 1.29 is 4.84 Å². The first-order chi connectivity index (χ1) is 7.81. The van der Waals surface area contributed by atoms with Gasteiger partial charge in [0.1, 0.15) is 0 Å². The monoisotopic (exact) mass is 284 g/mol. The Hall–Kier alpha value is -0.580. The Morgan fingerprint density at radius 2 is 2.00 bits per heavy atom. The first-order valence-corrected chi connectivity index (χ1v) is 6.41. The third-order valence-electron chi connectivity index (χ3n) is 3.14. The van der Waals surface area contributed by atoms with Crippen molar-refractivity contribution in [1.29, 1.82) is 0 Å². The van der Waals surface area contributed by atoms with Gasteiger partial charge in [-0.15, -0.1) is 0 Å². The van der Waals surface area contributed by atoms with Gasteiger partial charge in [-0.1, -0.05) is 12.1 Å². The Bertz CT molecular complexity index is 338. The summed E-state index contributed by atoms with van der Waals surface area (Å²) in [6.07, 6.45) is 2.30. The van der Waals surface area contributed by atoms with Crippen LogP contribution in [0.25, 0.3) is 0 Å². The van der Waals surface area contributed by atoms with Gasteiger partial charge in [-0.25, -0.2) is 5.90 Å². The standard InChI is InChI=1S/C12H17BrN2O/c13-11-3-1-2-4-12(11)15-7-5-10(6-8-15)9-16-14/h1-4,10H,5-9,14H2. The highest BCUT2D eigenvalue weighted by Crippen LogP contribution is 2.29. The molecule has 0 aromatic heterocycles. The van der Waals surface area contributed by atoms with Crippen LogP contribution < -0.4 is 10.8 Å². The van der Waals surface area contributed by atoms with Crippen molar-refractivity contribution in [2.24, 2.45) is 11.8 Å².